The second-order valence-electron chi connectivity index (χ2n) is 3.24. The highest BCUT2D eigenvalue weighted by Gasteiger charge is 2.40. The lowest BCUT2D eigenvalue weighted by molar-refractivity contribution is -0.148. The van der Waals surface area contributed by atoms with Crippen molar-refractivity contribution in [3.05, 3.63) is 0 Å². The topological polar surface area (TPSA) is 106 Å². The van der Waals surface area contributed by atoms with Crippen LogP contribution in [-0.4, -0.2) is 22.5 Å². The summed E-state index contributed by atoms with van der Waals surface area (Å²) in [5.74, 6) is -2.36. The number of amides is 1. The molecule has 0 saturated carbocycles. The third-order valence-electron chi connectivity index (χ3n) is 1.55. The van der Waals surface area contributed by atoms with Gasteiger partial charge in [-0.25, -0.2) is 4.79 Å². The van der Waals surface area contributed by atoms with Crippen LogP contribution in [0.3, 0.4) is 0 Å². The van der Waals surface area contributed by atoms with E-state index in [1.807, 2.05) is 0 Å². The van der Waals surface area contributed by atoms with Crippen molar-refractivity contribution in [2.45, 2.75) is 25.8 Å². The largest absolute Gasteiger partial charge is 0.479 e. The Morgan fingerprint density at radius 1 is 1.50 bits per heavy atom. The number of nitrogens with two attached hydrogens (primary N) is 2. The molecule has 0 aromatic rings. The molecule has 0 heterocycles. The van der Waals surface area contributed by atoms with Crippen LogP contribution in [-0.2, 0) is 9.59 Å². The number of rotatable bonds is 4. The van der Waals surface area contributed by atoms with Gasteiger partial charge in [0.2, 0.25) is 5.91 Å². The van der Waals surface area contributed by atoms with E-state index in [1.165, 1.54) is 0 Å². The van der Waals surface area contributed by atoms with Gasteiger partial charge in [-0.15, -0.1) is 0 Å². The predicted octanol–water partition coefficient (Wildman–Crippen LogP) is -0.700. The van der Waals surface area contributed by atoms with Crippen LogP contribution in [0.5, 0.6) is 0 Å². The second-order valence-corrected chi connectivity index (χ2v) is 3.24. The number of carboxylic acid groups (broad SMARTS) is 1. The maximum absolute atomic E-state index is 10.7. The van der Waals surface area contributed by atoms with Gasteiger partial charge >= 0.3 is 5.97 Å². The molecule has 1 atom stereocenters. The van der Waals surface area contributed by atoms with Gasteiger partial charge in [-0.1, -0.05) is 13.8 Å². The SMILES string of the molecule is CC(C)C[C@](N)(C(N)=O)C(=O)O. The quantitative estimate of drug-likeness (QED) is 0.490. The van der Waals surface area contributed by atoms with Gasteiger partial charge in [-0.05, 0) is 12.3 Å². The lowest BCUT2D eigenvalue weighted by Gasteiger charge is -2.22. The summed E-state index contributed by atoms with van der Waals surface area (Å²) in [6.45, 7) is 3.54. The van der Waals surface area contributed by atoms with Crippen molar-refractivity contribution in [2.24, 2.45) is 17.4 Å². The molecule has 5 N–H and O–H groups in total. The number of hydrogen-bond acceptors (Lipinski definition) is 3. The first-order chi connectivity index (χ1) is 5.30. The number of aliphatic carboxylic acids is 1. The molecule has 0 radical (unpaired) electrons. The van der Waals surface area contributed by atoms with Gasteiger partial charge < -0.3 is 16.6 Å². The van der Waals surface area contributed by atoms with Gasteiger partial charge in [0, 0.05) is 0 Å². The molecule has 0 saturated heterocycles. The number of carbonyl (C=O) groups excluding carboxylic acids is 1. The number of carboxylic acids is 1. The lowest BCUT2D eigenvalue weighted by Crippen LogP contribution is -2.58. The van der Waals surface area contributed by atoms with E-state index in [4.69, 9.17) is 16.6 Å². The average Bonchev–Trinajstić information content (AvgIpc) is 1.84. The molecule has 0 aliphatic carbocycles. The van der Waals surface area contributed by atoms with E-state index < -0.39 is 17.4 Å². The van der Waals surface area contributed by atoms with E-state index >= 15 is 0 Å². The molecule has 0 aliphatic heterocycles. The number of carbonyl (C=O) groups is 2. The Labute approximate surface area is 70.7 Å². The second kappa shape index (κ2) is 3.53. The van der Waals surface area contributed by atoms with E-state index in [9.17, 15) is 9.59 Å². The first-order valence-corrected chi connectivity index (χ1v) is 3.63. The van der Waals surface area contributed by atoms with Crippen LogP contribution in [0.25, 0.3) is 0 Å². The van der Waals surface area contributed by atoms with Gasteiger partial charge in [-0.2, -0.15) is 0 Å². The fraction of sp³-hybridized carbons (Fsp3) is 0.714. The Balaban J connectivity index is 4.63. The first kappa shape index (κ1) is 10.9. The third-order valence-corrected chi connectivity index (χ3v) is 1.55. The standard InChI is InChI=1S/C7H14N2O3/c1-4(2)3-7(9,5(8)10)6(11)12/h4H,3,9H2,1-2H3,(H2,8,10)(H,11,12)/t7-/m0/s1. The Bertz CT molecular complexity index is 187. The van der Waals surface area contributed by atoms with Gasteiger partial charge in [0.25, 0.3) is 0 Å². The fourth-order valence-corrected chi connectivity index (χ4v) is 0.937. The van der Waals surface area contributed by atoms with Gasteiger partial charge in [-0.3, -0.25) is 4.79 Å². The zero-order valence-corrected chi connectivity index (χ0v) is 7.20. The van der Waals surface area contributed by atoms with Crippen LogP contribution in [0.15, 0.2) is 0 Å². The van der Waals surface area contributed by atoms with Crippen LogP contribution in [0.4, 0.5) is 0 Å². The summed E-state index contributed by atoms with van der Waals surface area (Å²) in [6.07, 6.45) is 0.0532. The monoisotopic (exact) mass is 174 g/mol. The molecule has 0 bridgehead atoms. The first-order valence-electron chi connectivity index (χ1n) is 3.63. The maximum atomic E-state index is 10.7. The molecule has 1 amide bonds. The Kier molecular flexibility index (Phi) is 3.21. The summed E-state index contributed by atoms with van der Waals surface area (Å²) >= 11 is 0. The molecule has 5 heteroatoms. The van der Waals surface area contributed by atoms with E-state index in [2.05, 4.69) is 0 Å². The summed E-state index contributed by atoms with van der Waals surface area (Å²) in [4.78, 5) is 21.3. The van der Waals surface area contributed by atoms with Crippen molar-refractivity contribution in [2.75, 3.05) is 0 Å². The van der Waals surface area contributed by atoms with Crippen LogP contribution >= 0.6 is 0 Å². The molecule has 0 aliphatic rings. The van der Waals surface area contributed by atoms with Crippen LogP contribution < -0.4 is 11.5 Å². The minimum Gasteiger partial charge on any atom is -0.479 e. The van der Waals surface area contributed by atoms with Crippen molar-refractivity contribution in [1.29, 1.82) is 0 Å². The van der Waals surface area contributed by atoms with Crippen molar-refractivity contribution < 1.29 is 14.7 Å². The molecule has 0 aromatic heterocycles. The minimum atomic E-state index is -1.92. The zero-order valence-electron chi connectivity index (χ0n) is 7.20. The number of hydrogen-bond donors (Lipinski definition) is 3. The third kappa shape index (κ3) is 2.20. The fourth-order valence-electron chi connectivity index (χ4n) is 0.937. The lowest BCUT2D eigenvalue weighted by atomic mass is 9.89. The normalized spacial score (nSPS) is 15.7. The van der Waals surface area contributed by atoms with E-state index in [0.29, 0.717) is 0 Å². The Hall–Kier alpha value is -1.10. The Morgan fingerprint density at radius 3 is 2.00 bits per heavy atom. The van der Waals surface area contributed by atoms with Crippen LogP contribution in [0, 0.1) is 5.92 Å². The molecule has 70 valence electrons. The minimum absolute atomic E-state index is 0.0126. The van der Waals surface area contributed by atoms with Gasteiger partial charge in [0.15, 0.2) is 5.54 Å². The van der Waals surface area contributed by atoms with E-state index in [1.54, 1.807) is 13.8 Å². The molecule has 5 nitrogen and oxygen atoms in total. The highest BCUT2D eigenvalue weighted by molar-refractivity contribution is 6.05. The maximum Gasteiger partial charge on any atom is 0.333 e. The molecule has 12 heavy (non-hydrogen) atoms. The van der Waals surface area contributed by atoms with Gasteiger partial charge in [0.05, 0.1) is 0 Å². The number of primary amides is 1. The smallest absolute Gasteiger partial charge is 0.333 e. The highest BCUT2D eigenvalue weighted by Crippen LogP contribution is 2.13. The van der Waals surface area contributed by atoms with Crippen LogP contribution in [0.1, 0.15) is 20.3 Å². The van der Waals surface area contributed by atoms with Crippen molar-refractivity contribution in [1.82, 2.24) is 0 Å². The van der Waals surface area contributed by atoms with Crippen molar-refractivity contribution >= 4 is 11.9 Å². The summed E-state index contributed by atoms with van der Waals surface area (Å²) in [6, 6.07) is 0. The van der Waals surface area contributed by atoms with Crippen molar-refractivity contribution in [3.63, 3.8) is 0 Å². The summed E-state index contributed by atoms with van der Waals surface area (Å²) in [7, 11) is 0. The van der Waals surface area contributed by atoms with Crippen molar-refractivity contribution in [3.8, 4) is 0 Å². The van der Waals surface area contributed by atoms with Crippen LogP contribution in [0.2, 0.25) is 0 Å². The summed E-state index contributed by atoms with van der Waals surface area (Å²) < 4.78 is 0. The van der Waals surface area contributed by atoms with Gasteiger partial charge in [0.1, 0.15) is 0 Å². The predicted molar refractivity (Wildman–Crippen MR) is 43.2 cm³/mol. The molecular weight excluding hydrogens is 160 g/mol. The Morgan fingerprint density at radius 2 is 1.92 bits per heavy atom. The van der Waals surface area contributed by atoms with E-state index in [0.717, 1.165) is 0 Å². The molecule has 0 rings (SSSR count). The zero-order chi connectivity index (χ0) is 9.94. The summed E-state index contributed by atoms with van der Waals surface area (Å²) in [5.41, 5.74) is 8.26. The molecule has 0 aromatic carbocycles. The molecule has 0 spiro atoms. The molecule has 0 unspecified atom stereocenters. The average molecular weight is 174 g/mol. The molecule has 0 fully saturated rings. The molecular formula is C7H14N2O3. The highest BCUT2D eigenvalue weighted by atomic mass is 16.4. The summed E-state index contributed by atoms with van der Waals surface area (Å²) in [5, 5.41) is 8.63. The van der Waals surface area contributed by atoms with E-state index in [-0.39, 0.29) is 12.3 Å².